The molecule has 7 rings (SSSR count). The Morgan fingerprint density at radius 2 is 1.73 bits per heavy atom. The number of imidazole rings is 1. The Bertz CT molecular complexity index is 2030. The van der Waals surface area contributed by atoms with E-state index < -0.39 is 5.54 Å². The molecular weight excluding hydrogens is 620 g/mol. The molecule has 2 amide bonds. The summed E-state index contributed by atoms with van der Waals surface area (Å²) in [4.78, 5) is 50.6. The van der Waals surface area contributed by atoms with Crippen molar-refractivity contribution in [2.45, 2.75) is 57.2 Å². The van der Waals surface area contributed by atoms with Crippen LogP contribution in [0.3, 0.4) is 0 Å². The lowest BCUT2D eigenvalue weighted by atomic mass is 9.95. The number of hydrogen-bond donors (Lipinski definition) is 1. The molecule has 12 nitrogen and oxygen atoms in total. The number of nitriles is 1. The van der Waals surface area contributed by atoms with Crippen molar-refractivity contribution in [3.05, 3.63) is 89.0 Å². The largest absolute Gasteiger partial charge is 0.457 e. The van der Waals surface area contributed by atoms with Crippen molar-refractivity contribution in [3.8, 4) is 23.3 Å². The third-order valence-electron chi connectivity index (χ3n) is 10.1. The first-order chi connectivity index (χ1) is 23.6. The van der Waals surface area contributed by atoms with Gasteiger partial charge < -0.3 is 20.3 Å². The van der Waals surface area contributed by atoms with E-state index in [0.29, 0.717) is 73.7 Å². The van der Waals surface area contributed by atoms with Gasteiger partial charge in [0.1, 0.15) is 34.5 Å². The van der Waals surface area contributed by atoms with Gasteiger partial charge in [-0.1, -0.05) is 18.2 Å². The number of fused-ring (bicyclic) bond motifs is 2. The summed E-state index contributed by atoms with van der Waals surface area (Å²) >= 11 is 0. The van der Waals surface area contributed by atoms with Gasteiger partial charge in [-0.05, 0) is 81.7 Å². The molecule has 0 bridgehead atoms. The Hall–Kier alpha value is -5.41. The van der Waals surface area contributed by atoms with Crippen LogP contribution in [-0.2, 0) is 9.59 Å². The highest BCUT2D eigenvalue weighted by Crippen LogP contribution is 2.32. The molecule has 0 aliphatic carbocycles. The summed E-state index contributed by atoms with van der Waals surface area (Å²) in [5.41, 5.74) is 7.35. The van der Waals surface area contributed by atoms with E-state index >= 15 is 0 Å². The normalized spacial score (nSPS) is 20.3. The number of nitrogens with two attached hydrogens (primary N) is 1. The molecule has 4 aromatic rings. The van der Waals surface area contributed by atoms with Crippen molar-refractivity contribution in [3.63, 3.8) is 0 Å². The minimum Gasteiger partial charge on any atom is -0.457 e. The summed E-state index contributed by atoms with van der Waals surface area (Å²) in [6.45, 7) is 6.81. The van der Waals surface area contributed by atoms with Gasteiger partial charge in [-0.2, -0.15) is 5.26 Å². The Balaban J connectivity index is 1.14. The highest BCUT2D eigenvalue weighted by atomic mass is 16.5. The van der Waals surface area contributed by atoms with Crippen LogP contribution in [0.5, 0.6) is 11.5 Å². The van der Waals surface area contributed by atoms with Gasteiger partial charge in [0.2, 0.25) is 5.91 Å². The second kappa shape index (κ2) is 12.9. The van der Waals surface area contributed by atoms with Crippen molar-refractivity contribution < 1.29 is 14.3 Å². The number of piperazine rings is 1. The lowest BCUT2D eigenvalue weighted by molar-refractivity contribution is -0.131. The van der Waals surface area contributed by atoms with E-state index in [4.69, 9.17) is 10.5 Å². The number of hydrogen-bond acceptors (Lipinski definition) is 8. The molecule has 2 atom stereocenters. The number of pyridine rings is 1. The summed E-state index contributed by atoms with van der Waals surface area (Å²) in [6.07, 6.45) is 6.10. The van der Waals surface area contributed by atoms with Crippen molar-refractivity contribution in [1.29, 1.82) is 5.26 Å². The zero-order chi connectivity index (χ0) is 34.3. The number of rotatable bonds is 7. The molecule has 12 heteroatoms. The van der Waals surface area contributed by atoms with Gasteiger partial charge in [0.25, 0.3) is 5.91 Å². The van der Waals surface area contributed by atoms with Gasteiger partial charge in [0.05, 0.1) is 17.2 Å². The number of carbonyl (C=O) groups excluding carboxylic acids is 2. The fourth-order valence-electron chi connectivity index (χ4n) is 7.56. The van der Waals surface area contributed by atoms with Gasteiger partial charge in [-0.3, -0.25) is 23.6 Å². The number of aromatic nitrogens is 3. The molecule has 5 heterocycles. The first-order valence-electron chi connectivity index (χ1n) is 16.8. The van der Waals surface area contributed by atoms with Crippen molar-refractivity contribution in [2.24, 2.45) is 0 Å². The molecule has 2 aromatic heterocycles. The lowest BCUT2D eigenvalue weighted by Crippen LogP contribution is -2.57. The molecular formula is C37H40N8O4. The summed E-state index contributed by atoms with van der Waals surface area (Å²) in [5, 5.41) is 10.2. The quantitative estimate of drug-likeness (QED) is 0.229. The van der Waals surface area contributed by atoms with Crippen LogP contribution in [-0.4, -0.2) is 84.9 Å². The van der Waals surface area contributed by atoms with Gasteiger partial charge >= 0.3 is 5.69 Å². The Labute approximate surface area is 284 Å². The van der Waals surface area contributed by atoms with E-state index in [2.05, 4.69) is 16.0 Å². The summed E-state index contributed by atoms with van der Waals surface area (Å²) in [5.74, 6) is 1.41. The summed E-state index contributed by atoms with van der Waals surface area (Å²) in [7, 11) is 0. The zero-order valence-corrected chi connectivity index (χ0v) is 27.8. The van der Waals surface area contributed by atoms with Gasteiger partial charge in [0.15, 0.2) is 0 Å². The van der Waals surface area contributed by atoms with Crippen LogP contribution in [0.1, 0.15) is 45.6 Å². The average Bonchev–Trinajstić information content (AvgIpc) is 3.64. The van der Waals surface area contributed by atoms with E-state index in [1.165, 1.54) is 0 Å². The predicted octanol–water partition coefficient (Wildman–Crippen LogP) is 4.26. The second-order valence-corrected chi connectivity index (χ2v) is 13.6. The first-order valence-corrected chi connectivity index (χ1v) is 16.8. The maximum atomic E-state index is 14.3. The fraction of sp³-hybridized carbons (Fsp3) is 0.378. The summed E-state index contributed by atoms with van der Waals surface area (Å²) < 4.78 is 9.22. The molecule has 0 spiro atoms. The Morgan fingerprint density at radius 1 is 0.980 bits per heavy atom. The zero-order valence-electron chi connectivity index (χ0n) is 27.8. The maximum Gasteiger partial charge on any atom is 0.334 e. The van der Waals surface area contributed by atoms with Crippen LogP contribution >= 0.6 is 0 Å². The number of likely N-dealkylation sites (tertiary alicyclic amines) is 1. The van der Waals surface area contributed by atoms with E-state index in [-0.39, 0.29) is 47.5 Å². The molecule has 3 aliphatic heterocycles. The number of para-hydroxylation sites is 1. The van der Waals surface area contributed by atoms with Crippen molar-refractivity contribution in [2.75, 3.05) is 38.5 Å². The van der Waals surface area contributed by atoms with E-state index in [1.807, 2.05) is 61.2 Å². The SMILES string of the molecule is CC(C)(C=C(C#N)C(=O)N1CCCC(n2c(=O)n(-c3ccc(Oc4ccccc4)cc3)c3c(N)nccc32)C1)N1CCN2C(=O)CCC2C1. The average molecular weight is 661 g/mol. The van der Waals surface area contributed by atoms with E-state index in [0.717, 1.165) is 6.42 Å². The van der Waals surface area contributed by atoms with E-state index in [9.17, 15) is 19.6 Å². The van der Waals surface area contributed by atoms with Crippen LogP contribution < -0.4 is 16.2 Å². The van der Waals surface area contributed by atoms with Crippen molar-refractivity contribution >= 4 is 28.7 Å². The third-order valence-corrected chi connectivity index (χ3v) is 10.1. The Kier molecular flexibility index (Phi) is 8.46. The number of nitrogens with zero attached hydrogens (tertiary/aromatic N) is 7. The molecule has 0 radical (unpaired) electrons. The van der Waals surface area contributed by atoms with Crippen LogP contribution in [0.2, 0.25) is 0 Å². The van der Waals surface area contributed by atoms with E-state index in [1.54, 1.807) is 44.5 Å². The van der Waals surface area contributed by atoms with Gasteiger partial charge in [-0.25, -0.2) is 9.78 Å². The molecule has 2 N–H and O–H groups in total. The Morgan fingerprint density at radius 3 is 2.49 bits per heavy atom. The molecule has 0 saturated carbocycles. The van der Waals surface area contributed by atoms with Gasteiger partial charge in [0, 0.05) is 56.9 Å². The topological polar surface area (TPSA) is 143 Å². The smallest absolute Gasteiger partial charge is 0.334 e. The predicted molar refractivity (Wildman–Crippen MR) is 185 cm³/mol. The first kappa shape index (κ1) is 32.2. The second-order valence-electron chi connectivity index (χ2n) is 13.6. The van der Waals surface area contributed by atoms with Crippen LogP contribution in [0.15, 0.2) is 83.3 Å². The lowest BCUT2D eigenvalue weighted by Gasteiger charge is -2.45. The summed E-state index contributed by atoms with van der Waals surface area (Å²) in [6, 6.07) is 20.4. The monoisotopic (exact) mass is 660 g/mol. The van der Waals surface area contributed by atoms with Crippen LogP contribution in [0.4, 0.5) is 5.82 Å². The number of anilines is 1. The molecule has 3 saturated heterocycles. The van der Waals surface area contributed by atoms with Crippen LogP contribution in [0.25, 0.3) is 16.7 Å². The molecule has 49 heavy (non-hydrogen) atoms. The molecule has 2 unspecified atom stereocenters. The number of amides is 2. The van der Waals surface area contributed by atoms with Gasteiger partial charge in [-0.15, -0.1) is 0 Å². The number of piperidine rings is 1. The van der Waals surface area contributed by atoms with Crippen molar-refractivity contribution in [1.82, 2.24) is 28.8 Å². The number of nitrogen functional groups attached to an aromatic ring is 1. The molecule has 2 aromatic carbocycles. The van der Waals surface area contributed by atoms with Crippen LogP contribution in [0, 0.1) is 11.3 Å². The molecule has 252 valence electrons. The molecule has 3 fully saturated rings. The fourth-order valence-corrected chi connectivity index (χ4v) is 7.56. The minimum absolute atomic E-state index is 0.0802. The number of carbonyl (C=O) groups is 2. The maximum absolute atomic E-state index is 14.3. The standard InChI is InChI=1S/C37H40N8O4/c1-37(2,42-19-20-43-27(24-42)12-15-32(43)46)21-25(22-38)35(47)41-18-6-7-28(23-41)44-31-16-17-40-34(39)33(31)45(36(44)48)26-10-13-30(14-11-26)49-29-8-4-3-5-9-29/h3-5,8-11,13-14,16-17,21,27-28H,6-7,12,15,18-20,23-24H2,1-2H3,(H2,39,40). The molecule has 3 aliphatic rings. The number of ether oxygens (including phenoxy) is 1. The minimum atomic E-state index is -0.565. The third kappa shape index (κ3) is 6.06. The number of benzene rings is 2. The highest BCUT2D eigenvalue weighted by molar-refractivity contribution is 5.97. The highest BCUT2D eigenvalue weighted by Gasteiger charge is 2.40.